The summed E-state index contributed by atoms with van der Waals surface area (Å²) >= 11 is 5.94. The average molecular weight is 292 g/mol. The normalized spacial score (nSPS) is 15.4. The van der Waals surface area contributed by atoms with Crippen LogP contribution in [0.4, 0.5) is 0 Å². The number of carbonyl (C=O) groups excluding carboxylic acids is 2. The lowest BCUT2D eigenvalue weighted by Gasteiger charge is -2.26. The smallest absolute Gasteiger partial charge is 0.243 e. The third kappa shape index (κ3) is 2.49. The van der Waals surface area contributed by atoms with Crippen molar-refractivity contribution in [3.63, 3.8) is 0 Å². The summed E-state index contributed by atoms with van der Waals surface area (Å²) in [5, 5.41) is 4.38. The Kier molecular flexibility index (Phi) is 3.36. The molecule has 0 radical (unpaired) electrons. The topological polar surface area (TPSA) is 54.3 Å². The van der Waals surface area contributed by atoms with Crippen molar-refractivity contribution in [3.8, 4) is 0 Å². The minimum absolute atomic E-state index is 0.0488. The van der Waals surface area contributed by atoms with Crippen molar-refractivity contribution >= 4 is 34.3 Å². The molecule has 1 aromatic heterocycles. The molecule has 5 nitrogen and oxygen atoms in total. The van der Waals surface area contributed by atoms with Gasteiger partial charge in [-0.15, -0.1) is 0 Å². The minimum atomic E-state index is -0.103. The van der Waals surface area contributed by atoms with E-state index in [0.717, 1.165) is 10.9 Å². The van der Waals surface area contributed by atoms with E-state index in [1.807, 2.05) is 29.0 Å². The minimum Gasteiger partial charge on any atom is -0.353 e. The molecule has 1 aliphatic heterocycles. The van der Waals surface area contributed by atoms with Gasteiger partial charge in [-0.05, 0) is 24.3 Å². The number of halogens is 1. The van der Waals surface area contributed by atoms with Gasteiger partial charge in [0.25, 0.3) is 0 Å². The molecule has 0 atom stereocenters. The lowest BCUT2D eigenvalue weighted by atomic mass is 10.2. The van der Waals surface area contributed by atoms with Crippen molar-refractivity contribution in [2.24, 2.45) is 0 Å². The second-order valence-corrected chi connectivity index (χ2v) is 5.25. The van der Waals surface area contributed by atoms with E-state index in [2.05, 4.69) is 5.32 Å². The molecule has 3 rings (SSSR count). The molecule has 1 aromatic carbocycles. The Morgan fingerprint density at radius 1 is 1.35 bits per heavy atom. The Bertz CT molecular complexity index is 680. The van der Waals surface area contributed by atoms with Crippen LogP contribution in [-0.4, -0.2) is 40.9 Å². The first-order valence-corrected chi connectivity index (χ1v) is 6.80. The van der Waals surface area contributed by atoms with Crippen LogP contribution in [0.25, 0.3) is 10.9 Å². The molecule has 2 amide bonds. The molecular weight excluding hydrogens is 278 g/mol. The van der Waals surface area contributed by atoms with Crippen LogP contribution in [0.5, 0.6) is 0 Å². The van der Waals surface area contributed by atoms with Gasteiger partial charge in [-0.2, -0.15) is 0 Å². The standard InChI is InChI=1S/C14H14ClN3O2/c15-11-1-2-12-10(7-11)3-5-17(12)9-14(20)18-6-4-16-13(19)8-18/h1-3,5,7H,4,6,8-9H2,(H,16,19). The maximum absolute atomic E-state index is 12.2. The van der Waals surface area contributed by atoms with Gasteiger partial charge in [-0.1, -0.05) is 11.6 Å². The first-order valence-electron chi connectivity index (χ1n) is 6.42. The summed E-state index contributed by atoms with van der Waals surface area (Å²) in [4.78, 5) is 25.1. The van der Waals surface area contributed by atoms with Gasteiger partial charge in [0.15, 0.2) is 0 Å². The summed E-state index contributed by atoms with van der Waals surface area (Å²) in [6, 6.07) is 7.50. The van der Waals surface area contributed by atoms with E-state index in [1.165, 1.54) is 0 Å². The SMILES string of the molecule is O=C1CN(C(=O)Cn2ccc3cc(Cl)ccc32)CCN1. The van der Waals surface area contributed by atoms with Gasteiger partial charge in [0, 0.05) is 35.2 Å². The van der Waals surface area contributed by atoms with E-state index in [0.29, 0.717) is 18.1 Å². The first kappa shape index (κ1) is 13.0. The summed E-state index contributed by atoms with van der Waals surface area (Å²) < 4.78 is 1.88. The summed E-state index contributed by atoms with van der Waals surface area (Å²) in [5.74, 6) is -0.152. The van der Waals surface area contributed by atoms with E-state index in [-0.39, 0.29) is 24.9 Å². The van der Waals surface area contributed by atoms with Gasteiger partial charge in [0.2, 0.25) is 11.8 Å². The third-order valence-corrected chi connectivity index (χ3v) is 3.66. The molecule has 6 heteroatoms. The second kappa shape index (κ2) is 5.17. The summed E-state index contributed by atoms with van der Waals surface area (Å²) in [6.07, 6.45) is 1.86. The van der Waals surface area contributed by atoms with E-state index >= 15 is 0 Å². The molecule has 0 aliphatic carbocycles. The van der Waals surface area contributed by atoms with E-state index in [9.17, 15) is 9.59 Å². The van der Waals surface area contributed by atoms with Crippen molar-refractivity contribution in [1.82, 2.24) is 14.8 Å². The Balaban J connectivity index is 1.79. The van der Waals surface area contributed by atoms with Gasteiger partial charge in [-0.3, -0.25) is 9.59 Å². The number of amides is 2. The number of piperazine rings is 1. The molecule has 20 heavy (non-hydrogen) atoms. The molecule has 1 aliphatic rings. The zero-order chi connectivity index (χ0) is 14.1. The van der Waals surface area contributed by atoms with Crippen LogP contribution in [-0.2, 0) is 16.1 Å². The number of rotatable bonds is 2. The summed E-state index contributed by atoms with van der Waals surface area (Å²) in [7, 11) is 0. The number of nitrogens with one attached hydrogen (secondary N) is 1. The van der Waals surface area contributed by atoms with Crippen molar-refractivity contribution in [1.29, 1.82) is 0 Å². The molecule has 2 heterocycles. The Morgan fingerprint density at radius 3 is 3.00 bits per heavy atom. The molecule has 1 fully saturated rings. The van der Waals surface area contributed by atoms with E-state index in [4.69, 9.17) is 11.6 Å². The molecule has 0 spiro atoms. The molecule has 1 N–H and O–H groups in total. The van der Waals surface area contributed by atoms with Gasteiger partial charge in [0.05, 0.1) is 6.54 Å². The zero-order valence-electron chi connectivity index (χ0n) is 10.8. The average Bonchev–Trinajstić information content (AvgIpc) is 2.81. The fourth-order valence-corrected chi connectivity index (χ4v) is 2.59. The molecule has 0 unspecified atom stereocenters. The van der Waals surface area contributed by atoms with Crippen LogP contribution in [0.3, 0.4) is 0 Å². The molecule has 0 bridgehead atoms. The summed E-state index contributed by atoms with van der Waals surface area (Å²) in [6.45, 7) is 1.46. The van der Waals surface area contributed by atoms with Crippen molar-refractivity contribution in [3.05, 3.63) is 35.5 Å². The van der Waals surface area contributed by atoms with E-state index < -0.39 is 0 Å². The fraction of sp³-hybridized carbons (Fsp3) is 0.286. The maximum atomic E-state index is 12.2. The van der Waals surface area contributed by atoms with Crippen LogP contribution in [0.1, 0.15) is 0 Å². The number of hydrogen-bond donors (Lipinski definition) is 1. The predicted octanol–water partition coefficient (Wildman–Crippen LogP) is 1.25. The highest BCUT2D eigenvalue weighted by atomic mass is 35.5. The van der Waals surface area contributed by atoms with Gasteiger partial charge < -0.3 is 14.8 Å². The number of benzene rings is 1. The molecular formula is C14H14ClN3O2. The van der Waals surface area contributed by atoms with Crippen LogP contribution in [0, 0.1) is 0 Å². The number of fused-ring (bicyclic) bond motifs is 1. The number of nitrogens with zero attached hydrogens (tertiary/aromatic N) is 2. The third-order valence-electron chi connectivity index (χ3n) is 3.43. The lowest BCUT2D eigenvalue weighted by molar-refractivity contribution is -0.138. The lowest BCUT2D eigenvalue weighted by Crippen LogP contribution is -2.50. The van der Waals surface area contributed by atoms with Crippen LogP contribution >= 0.6 is 11.6 Å². The largest absolute Gasteiger partial charge is 0.353 e. The van der Waals surface area contributed by atoms with Crippen molar-refractivity contribution < 1.29 is 9.59 Å². The number of aromatic nitrogens is 1. The number of hydrogen-bond acceptors (Lipinski definition) is 2. The van der Waals surface area contributed by atoms with Crippen molar-refractivity contribution in [2.75, 3.05) is 19.6 Å². The number of carbonyl (C=O) groups is 2. The van der Waals surface area contributed by atoms with Crippen LogP contribution in [0.15, 0.2) is 30.5 Å². The van der Waals surface area contributed by atoms with E-state index in [1.54, 1.807) is 11.0 Å². The summed E-state index contributed by atoms with van der Waals surface area (Å²) in [5.41, 5.74) is 0.962. The highest BCUT2D eigenvalue weighted by molar-refractivity contribution is 6.31. The van der Waals surface area contributed by atoms with Crippen molar-refractivity contribution in [2.45, 2.75) is 6.54 Å². The molecule has 1 saturated heterocycles. The van der Waals surface area contributed by atoms with Crippen LogP contribution in [0.2, 0.25) is 5.02 Å². The first-order chi connectivity index (χ1) is 9.63. The monoisotopic (exact) mass is 291 g/mol. The highest BCUT2D eigenvalue weighted by Gasteiger charge is 2.21. The van der Waals surface area contributed by atoms with Gasteiger partial charge >= 0.3 is 0 Å². The van der Waals surface area contributed by atoms with Crippen LogP contribution < -0.4 is 5.32 Å². The van der Waals surface area contributed by atoms with Gasteiger partial charge in [0.1, 0.15) is 6.54 Å². The quantitative estimate of drug-likeness (QED) is 0.905. The van der Waals surface area contributed by atoms with Gasteiger partial charge in [-0.25, -0.2) is 0 Å². The maximum Gasteiger partial charge on any atom is 0.243 e. The Hall–Kier alpha value is -2.01. The predicted molar refractivity (Wildman–Crippen MR) is 76.5 cm³/mol. The molecule has 2 aromatic rings. The molecule has 104 valence electrons. The highest BCUT2D eigenvalue weighted by Crippen LogP contribution is 2.20. The fourth-order valence-electron chi connectivity index (χ4n) is 2.41. The molecule has 0 saturated carbocycles. The second-order valence-electron chi connectivity index (χ2n) is 4.81. The zero-order valence-corrected chi connectivity index (χ0v) is 11.6. The Labute approximate surface area is 121 Å². The Morgan fingerprint density at radius 2 is 2.20 bits per heavy atom.